The van der Waals surface area contributed by atoms with Gasteiger partial charge in [-0.25, -0.2) is 0 Å². The normalized spacial score (nSPS) is 21.6. The molecule has 0 aromatic carbocycles. The summed E-state index contributed by atoms with van der Waals surface area (Å²) in [5.41, 5.74) is 0. The Hall–Kier alpha value is -0.260. The summed E-state index contributed by atoms with van der Waals surface area (Å²) in [6, 6.07) is 0. The average molecular weight is 194 g/mol. The van der Waals surface area contributed by atoms with Gasteiger partial charge in [0.25, 0.3) is 0 Å². The molecular formula is C14H26. The lowest BCUT2D eigenvalue weighted by atomic mass is 9.88. The van der Waals surface area contributed by atoms with Gasteiger partial charge in [0.05, 0.1) is 0 Å². The minimum absolute atomic E-state index is 0.803. The largest absolute Gasteiger partial charge is 0.0854 e. The summed E-state index contributed by atoms with van der Waals surface area (Å²) in [6.45, 7) is 4.63. The van der Waals surface area contributed by atoms with E-state index in [0.29, 0.717) is 0 Å². The number of rotatable bonds is 5. The lowest BCUT2D eigenvalue weighted by Crippen LogP contribution is -2.03. The number of hydrogen-bond donors (Lipinski definition) is 0. The van der Waals surface area contributed by atoms with E-state index in [2.05, 4.69) is 26.0 Å². The standard InChI is InChI=1S/C14H26/c1-3-4-8-13(2)11-12-14-9-6-5-7-10-14/h11-14H,3-10H2,1-2H3/b12-11+. The van der Waals surface area contributed by atoms with Crippen molar-refractivity contribution in [1.29, 1.82) is 0 Å². The molecule has 1 saturated carbocycles. The molecule has 1 fully saturated rings. The van der Waals surface area contributed by atoms with Crippen LogP contribution in [0.15, 0.2) is 12.2 Å². The van der Waals surface area contributed by atoms with Crippen LogP contribution < -0.4 is 0 Å². The Morgan fingerprint density at radius 1 is 1.21 bits per heavy atom. The molecule has 1 aliphatic carbocycles. The van der Waals surface area contributed by atoms with Crippen LogP contribution in [0.5, 0.6) is 0 Å². The van der Waals surface area contributed by atoms with E-state index in [4.69, 9.17) is 0 Å². The van der Waals surface area contributed by atoms with Crippen LogP contribution in [-0.4, -0.2) is 0 Å². The second-order valence-corrected chi connectivity index (χ2v) is 4.90. The first-order chi connectivity index (χ1) is 6.83. The summed E-state index contributed by atoms with van der Waals surface area (Å²) >= 11 is 0. The lowest BCUT2D eigenvalue weighted by molar-refractivity contribution is 0.417. The molecule has 0 aliphatic heterocycles. The van der Waals surface area contributed by atoms with Crippen LogP contribution in [0.4, 0.5) is 0 Å². The van der Waals surface area contributed by atoms with Gasteiger partial charge in [0.1, 0.15) is 0 Å². The van der Waals surface area contributed by atoms with Crippen LogP contribution in [0.25, 0.3) is 0 Å². The van der Waals surface area contributed by atoms with Gasteiger partial charge in [-0.05, 0) is 31.1 Å². The lowest BCUT2D eigenvalue weighted by Gasteiger charge is -2.18. The molecule has 0 heteroatoms. The number of allylic oxidation sites excluding steroid dienone is 2. The number of hydrogen-bond acceptors (Lipinski definition) is 0. The van der Waals surface area contributed by atoms with Crippen molar-refractivity contribution in [3.05, 3.63) is 12.2 Å². The van der Waals surface area contributed by atoms with Gasteiger partial charge >= 0.3 is 0 Å². The molecule has 0 nitrogen and oxygen atoms in total. The quantitative estimate of drug-likeness (QED) is 0.543. The predicted octanol–water partition coefficient (Wildman–Crippen LogP) is 4.95. The minimum Gasteiger partial charge on any atom is -0.0854 e. The fraction of sp³-hybridized carbons (Fsp3) is 0.857. The molecule has 14 heavy (non-hydrogen) atoms. The van der Waals surface area contributed by atoms with Crippen molar-refractivity contribution in [2.24, 2.45) is 11.8 Å². The van der Waals surface area contributed by atoms with Gasteiger partial charge in [0.2, 0.25) is 0 Å². The van der Waals surface area contributed by atoms with Gasteiger partial charge in [-0.1, -0.05) is 58.1 Å². The van der Waals surface area contributed by atoms with Crippen molar-refractivity contribution in [1.82, 2.24) is 0 Å². The van der Waals surface area contributed by atoms with Crippen LogP contribution in [-0.2, 0) is 0 Å². The van der Waals surface area contributed by atoms with E-state index < -0.39 is 0 Å². The maximum Gasteiger partial charge on any atom is -0.0233 e. The van der Waals surface area contributed by atoms with Crippen molar-refractivity contribution in [3.63, 3.8) is 0 Å². The monoisotopic (exact) mass is 194 g/mol. The van der Waals surface area contributed by atoms with Crippen LogP contribution in [0.2, 0.25) is 0 Å². The smallest absolute Gasteiger partial charge is 0.0233 e. The zero-order valence-corrected chi connectivity index (χ0v) is 9.97. The van der Waals surface area contributed by atoms with Crippen LogP contribution in [0, 0.1) is 11.8 Å². The Labute approximate surface area is 89.8 Å². The van der Waals surface area contributed by atoms with Gasteiger partial charge < -0.3 is 0 Å². The molecule has 0 heterocycles. The van der Waals surface area contributed by atoms with E-state index in [1.165, 1.54) is 51.4 Å². The molecule has 0 amide bonds. The van der Waals surface area contributed by atoms with Gasteiger partial charge in [0, 0.05) is 0 Å². The summed E-state index contributed by atoms with van der Waals surface area (Å²) in [6.07, 6.45) is 16.3. The zero-order valence-electron chi connectivity index (χ0n) is 9.97. The molecular weight excluding hydrogens is 168 g/mol. The summed E-state index contributed by atoms with van der Waals surface area (Å²) < 4.78 is 0. The van der Waals surface area contributed by atoms with Crippen LogP contribution in [0.1, 0.15) is 65.2 Å². The summed E-state index contributed by atoms with van der Waals surface area (Å²) in [5, 5.41) is 0. The molecule has 0 saturated heterocycles. The maximum absolute atomic E-state index is 2.50. The van der Waals surface area contributed by atoms with Crippen molar-refractivity contribution in [2.75, 3.05) is 0 Å². The van der Waals surface area contributed by atoms with Crippen molar-refractivity contribution in [2.45, 2.75) is 65.2 Å². The molecule has 1 aliphatic rings. The second kappa shape index (κ2) is 7.09. The summed E-state index contributed by atoms with van der Waals surface area (Å²) in [5.74, 6) is 1.71. The molecule has 0 bridgehead atoms. The first kappa shape index (κ1) is 11.8. The van der Waals surface area contributed by atoms with Crippen molar-refractivity contribution < 1.29 is 0 Å². The molecule has 0 radical (unpaired) electrons. The summed E-state index contributed by atoms with van der Waals surface area (Å²) in [7, 11) is 0. The third-order valence-electron chi connectivity index (χ3n) is 3.37. The summed E-state index contributed by atoms with van der Waals surface area (Å²) in [4.78, 5) is 0. The molecule has 0 aromatic rings. The Bertz CT molecular complexity index is 151. The highest BCUT2D eigenvalue weighted by Gasteiger charge is 2.09. The van der Waals surface area contributed by atoms with Gasteiger partial charge in [0.15, 0.2) is 0 Å². The van der Waals surface area contributed by atoms with Crippen LogP contribution in [0.3, 0.4) is 0 Å². The first-order valence-corrected chi connectivity index (χ1v) is 6.51. The Morgan fingerprint density at radius 3 is 2.57 bits per heavy atom. The van der Waals surface area contributed by atoms with Gasteiger partial charge in [-0.2, -0.15) is 0 Å². The average Bonchev–Trinajstić information content (AvgIpc) is 2.25. The van der Waals surface area contributed by atoms with E-state index >= 15 is 0 Å². The first-order valence-electron chi connectivity index (χ1n) is 6.51. The molecule has 0 N–H and O–H groups in total. The fourth-order valence-electron chi connectivity index (χ4n) is 2.30. The second-order valence-electron chi connectivity index (χ2n) is 4.90. The zero-order chi connectivity index (χ0) is 10.2. The highest BCUT2D eigenvalue weighted by molar-refractivity contribution is 4.92. The SMILES string of the molecule is CCCCC(C)/C=C/C1CCCCC1. The Balaban J connectivity index is 2.16. The van der Waals surface area contributed by atoms with Crippen molar-refractivity contribution >= 4 is 0 Å². The third-order valence-corrected chi connectivity index (χ3v) is 3.37. The van der Waals surface area contributed by atoms with E-state index in [9.17, 15) is 0 Å². The molecule has 82 valence electrons. The topological polar surface area (TPSA) is 0 Å². The Morgan fingerprint density at radius 2 is 1.93 bits per heavy atom. The predicted molar refractivity (Wildman–Crippen MR) is 64.4 cm³/mol. The van der Waals surface area contributed by atoms with E-state index in [1.54, 1.807) is 0 Å². The van der Waals surface area contributed by atoms with Gasteiger partial charge in [-0.15, -0.1) is 0 Å². The van der Waals surface area contributed by atoms with E-state index in [-0.39, 0.29) is 0 Å². The number of unbranched alkanes of at least 4 members (excludes halogenated alkanes) is 1. The van der Waals surface area contributed by atoms with E-state index in [0.717, 1.165) is 11.8 Å². The minimum atomic E-state index is 0.803. The highest BCUT2D eigenvalue weighted by Crippen LogP contribution is 2.25. The molecule has 0 aromatic heterocycles. The van der Waals surface area contributed by atoms with Crippen molar-refractivity contribution in [3.8, 4) is 0 Å². The fourth-order valence-corrected chi connectivity index (χ4v) is 2.30. The van der Waals surface area contributed by atoms with Crippen LogP contribution >= 0.6 is 0 Å². The third kappa shape index (κ3) is 4.83. The van der Waals surface area contributed by atoms with E-state index in [1.807, 2.05) is 0 Å². The highest BCUT2D eigenvalue weighted by atomic mass is 14.2. The Kier molecular flexibility index (Phi) is 5.98. The molecule has 0 spiro atoms. The maximum atomic E-state index is 2.50. The molecule has 1 rings (SSSR count). The molecule has 1 atom stereocenters. The molecule has 1 unspecified atom stereocenters. The van der Waals surface area contributed by atoms with Gasteiger partial charge in [-0.3, -0.25) is 0 Å².